The minimum Gasteiger partial charge on any atom is -0.507 e. The number of hydrogen-bond acceptors (Lipinski definition) is 8. The number of carbonyl (C=O) groups is 2. The summed E-state index contributed by atoms with van der Waals surface area (Å²) in [4.78, 5) is 33.2. The molecule has 0 spiro atoms. The van der Waals surface area contributed by atoms with E-state index in [2.05, 4.69) is 4.98 Å². The number of rotatable bonds is 6. The number of hydrogen-bond donors (Lipinski definition) is 1. The maximum absolute atomic E-state index is 13.6. The molecule has 3 aromatic carbocycles. The fourth-order valence-electron chi connectivity index (χ4n) is 5.19. The molecule has 0 radical (unpaired) electrons. The van der Waals surface area contributed by atoms with Crippen LogP contribution in [0.5, 0.6) is 17.2 Å². The summed E-state index contributed by atoms with van der Waals surface area (Å²) in [7, 11) is 1.52. The van der Waals surface area contributed by atoms with Crippen LogP contribution in [0, 0.1) is 0 Å². The standard InChI is InChI=1S/C30H25ClN2O6S/c1-4-38-22-10-5-16(13-23(22)37-3)26-25(27(34)17-6-9-21-18(12-17)11-15(2)39-21)28(35)29(36)33(26)30-32-20-8-7-19(31)14-24(20)40-30/h5-10,12-15,26,34H,4,11H2,1-3H3/b27-25+/t15-,26-/m0/s1. The lowest BCUT2D eigenvalue weighted by molar-refractivity contribution is -0.132. The molecule has 2 atom stereocenters. The summed E-state index contributed by atoms with van der Waals surface area (Å²) in [5.41, 5.74) is 2.50. The van der Waals surface area contributed by atoms with Crippen LogP contribution >= 0.6 is 22.9 Å². The van der Waals surface area contributed by atoms with Gasteiger partial charge in [0.2, 0.25) is 0 Å². The smallest absolute Gasteiger partial charge is 0.301 e. The number of Topliss-reactive ketones (excluding diaryl/α,β-unsaturated/α-hetero) is 1. The maximum atomic E-state index is 13.6. The highest BCUT2D eigenvalue weighted by Gasteiger charge is 2.48. The average Bonchev–Trinajstić information content (AvgIpc) is 3.60. The van der Waals surface area contributed by atoms with E-state index in [9.17, 15) is 14.7 Å². The van der Waals surface area contributed by atoms with Crippen LogP contribution in [0.2, 0.25) is 5.02 Å². The lowest BCUT2D eigenvalue weighted by Gasteiger charge is -2.24. The molecule has 204 valence electrons. The molecule has 0 aliphatic carbocycles. The summed E-state index contributed by atoms with van der Waals surface area (Å²) >= 11 is 7.43. The molecule has 1 aromatic heterocycles. The third-order valence-corrected chi connectivity index (χ3v) is 8.21. The Hall–Kier alpha value is -4.08. The monoisotopic (exact) mass is 576 g/mol. The van der Waals surface area contributed by atoms with Gasteiger partial charge in [-0.05, 0) is 73.5 Å². The first-order valence-corrected chi connectivity index (χ1v) is 14.0. The predicted molar refractivity (Wildman–Crippen MR) is 154 cm³/mol. The Bertz CT molecular complexity index is 1710. The van der Waals surface area contributed by atoms with Gasteiger partial charge >= 0.3 is 5.91 Å². The van der Waals surface area contributed by atoms with Crippen LogP contribution in [0.25, 0.3) is 16.0 Å². The Kier molecular flexibility index (Phi) is 6.64. The van der Waals surface area contributed by atoms with Gasteiger partial charge in [-0.15, -0.1) is 0 Å². The average molecular weight is 577 g/mol. The van der Waals surface area contributed by atoms with E-state index in [0.29, 0.717) is 51.3 Å². The Labute approximate surface area is 239 Å². The van der Waals surface area contributed by atoms with Gasteiger partial charge in [-0.25, -0.2) is 4.98 Å². The van der Waals surface area contributed by atoms with Gasteiger partial charge in [0, 0.05) is 17.0 Å². The Morgan fingerprint density at radius 1 is 1.15 bits per heavy atom. The summed E-state index contributed by atoms with van der Waals surface area (Å²) in [6, 6.07) is 14.7. The predicted octanol–water partition coefficient (Wildman–Crippen LogP) is 6.31. The molecule has 8 nitrogen and oxygen atoms in total. The molecule has 1 N–H and O–H groups in total. The van der Waals surface area contributed by atoms with Gasteiger partial charge < -0.3 is 19.3 Å². The zero-order valence-electron chi connectivity index (χ0n) is 21.9. The third kappa shape index (κ3) is 4.35. The number of thiazole rings is 1. The number of aliphatic hydroxyl groups is 1. The normalized spacial score (nSPS) is 19.6. The van der Waals surface area contributed by atoms with Crippen molar-refractivity contribution in [2.45, 2.75) is 32.4 Å². The van der Waals surface area contributed by atoms with Crippen LogP contribution in [-0.4, -0.2) is 41.6 Å². The lowest BCUT2D eigenvalue weighted by Crippen LogP contribution is -2.29. The molecule has 1 amide bonds. The van der Waals surface area contributed by atoms with Crippen molar-refractivity contribution >= 4 is 55.7 Å². The van der Waals surface area contributed by atoms with Crippen LogP contribution < -0.4 is 19.1 Å². The lowest BCUT2D eigenvalue weighted by atomic mass is 9.94. The summed E-state index contributed by atoms with van der Waals surface area (Å²) in [6.45, 7) is 4.27. The van der Waals surface area contributed by atoms with E-state index in [1.807, 2.05) is 13.8 Å². The van der Waals surface area contributed by atoms with E-state index >= 15 is 0 Å². The maximum Gasteiger partial charge on any atom is 0.301 e. The van der Waals surface area contributed by atoms with Crippen molar-refractivity contribution in [3.63, 3.8) is 0 Å². The topological polar surface area (TPSA) is 98.2 Å². The van der Waals surface area contributed by atoms with E-state index in [-0.39, 0.29) is 17.4 Å². The van der Waals surface area contributed by atoms with Gasteiger partial charge in [0.1, 0.15) is 17.6 Å². The Morgan fingerprint density at radius 2 is 1.98 bits per heavy atom. The number of halogens is 1. The van der Waals surface area contributed by atoms with Crippen molar-refractivity contribution in [1.29, 1.82) is 0 Å². The van der Waals surface area contributed by atoms with E-state index in [1.54, 1.807) is 54.6 Å². The number of anilines is 1. The van der Waals surface area contributed by atoms with Crippen LogP contribution in [0.1, 0.15) is 36.6 Å². The molecular formula is C30H25ClN2O6S. The van der Waals surface area contributed by atoms with Gasteiger partial charge in [-0.2, -0.15) is 0 Å². The zero-order valence-corrected chi connectivity index (χ0v) is 23.5. The number of carbonyl (C=O) groups excluding carboxylic acids is 2. The second kappa shape index (κ2) is 10.1. The summed E-state index contributed by atoms with van der Waals surface area (Å²) in [5.74, 6) is -0.172. The number of fused-ring (bicyclic) bond motifs is 2. The third-order valence-electron chi connectivity index (χ3n) is 6.96. The van der Waals surface area contributed by atoms with Crippen molar-refractivity contribution < 1.29 is 28.9 Å². The largest absolute Gasteiger partial charge is 0.507 e. The summed E-state index contributed by atoms with van der Waals surface area (Å²) < 4.78 is 17.8. The van der Waals surface area contributed by atoms with Crippen molar-refractivity contribution in [2.24, 2.45) is 0 Å². The van der Waals surface area contributed by atoms with Gasteiger partial charge in [0.25, 0.3) is 5.78 Å². The van der Waals surface area contributed by atoms with Crippen LogP contribution in [0.3, 0.4) is 0 Å². The van der Waals surface area contributed by atoms with E-state index in [4.69, 9.17) is 25.8 Å². The molecule has 1 fully saturated rings. The summed E-state index contributed by atoms with van der Waals surface area (Å²) in [6.07, 6.45) is 0.695. The van der Waals surface area contributed by atoms with E-state index in [1.165, 1.54) is 23.3 Å². The van der Waals surface area contributed by atoms with Crippen molar-refractivity contribution in [3.8, 4) is 17.2 Å². The van der Waals surface area contributed by atoms with Crippen molar-refractivity contribution in [1.82, 2.24) is 4.98 Å². The van der Waals surface area contributed by atoms with Gasteiger partial charge in [-0.3, -0.25) is 14.5 Å². The SMILES string of the molecule is CCOc1ccc([C@H]2/C(=C(\O)c3ccc4c(c3)C[C@H](C)O4)C(=O)C(=O)N2c2nc3ccc(Cl)cc3s2)cc1OC. The summed E-state index contributed by atoms with van der Waals surface area (Å²) in [5, 5.41) is 12.4. The molecule has 2 aliphatic heterocycles. The number of ketones is 1. The molecule has 4 aromatic rings. The fraction of sp³-hybridized carbons (Fsp3) is 0.233. The number of amides is 1. The molecule has 2 aliphatic rings. The second-order valence-corrected chi connectivity index (χ2v) is 11.0. The van der Waals surface area contributed by atoms with E-state index in [0.717, 1.165) is 16.0 Å². The number of nitrogens with zero attached hydrogens (tertiary/aromatic N) is 2. The van der Waals surface area contributed by atoms with E-state index < -0.39 is 17.7 Å². The molecule has 0 bridgehead atoms. The van der Waals surface area contributed by atoms with Crippen LogP contribution in [0.4, 0.5) is 5.13 Å². The highest BCUT2D eigenvalue weighted by Crippen LogP contribution is 2.46. The van der Waals surface area contributed by atoms with Crippen molar-refractivity contribution in [3.05, 3.63) is 81.9 Å². The minimum atomic E-state index is -0.968. The van der Waals surface area contributed by atoms with Gasteiger partial charge in [-0.1, -0.05) is 29.0 Å². The molecular weight excluding hydrogens is 552 g/mol. The highest BCUT2D eigenvalue weighted by atomic mass is 35.5. The molecule has 0 saturated carbocycles. The van der Waals surface area contributed by atoms with Crippen molar-refractivity contribution in [2.75, 3.05) is 18.6 Å². The minimum absolute atomic E-state index is 0.0156. The van der Waals surface area contributed by atoms with Crippen LogP contribution in [-0.2, 0) is 16.0 Å². The first kappa shape index (κ1) is 26.2. The number of benzene rings is 3. The molecule has 0 unspecified atom stereocenters. The zero-order chi connectivity index (χ0) is 28.1. The fourth-order valence-corrected chi connectivity index (χ4v) is 6.46. The first-order chi connectivity index (χ1) is 19.3. The molecule has 40 heavy (non-hydrogen) atoms. The molecule has 3 heterocycles. The van der Waals surface area contributed by atoms with Gasteiger partial charge in [0.05, 0.1) is 35.5 Å². The number of ether oxygens (including phenoxy) is 3. The van der Waals surface area contributed by atoms with Gasteiger partial charge in [0.15, 0.2) is 16.6 Å². The molecule has 6 rings (SSSR count). The second-order valence-electron chi connectivity index (χ2n) is 9.58. The quantitative estimate of drug-likeness (QED) is 0.163. The highest BCUT2D eigenvalue weighted by molar-refractivity contribution is 7.22. The Morgan fingerprint density at radius 3 is 2.75 bits per heavy atom. The number of aliphatic hydroxyl groups excluding tert-OH is 1. The number of methoxy groups -OCH3 is 1. The molecule has 1 saturated heterocycles. The molecule has 10 heteroatoms. The number of aromatic nitrogens is 1. The van der Waals surface area contributed by atoms with Crippen LogP contribution in [0.15, 0.2) is 60.2 Å². The first-order valence-electron chi connectivity index (χ1n) is 12.8. The Balaban J connectivity index is 1.55.